The molecule has 0 saturated carbocycles. The Morgan fingerprint density at radius 1 is 1.12 bits per heavy atom. The lowest BCUT2D eigenvalue weighted by atomic mass is 10.1. The van der Waals surface area contributed by atoms with Crippen molar-refractivity contribution >= 4 is 17.7 Å². The van der Waals surface area contributed by atoms with E-state index in [9.17, 15) is 4.79 Å². The topological polar surface area (TPSA) is 72.7 Å². The number of benzene rings is 1. The van der Waals surface area contributed by atoms with E-state index in [0.29, 0.717) is 17.1 Å². The van der Waals surface area contributed by atoms with E-state index in [1.54, 1.807) is 35.5 Å². The molecule has 0 bridgehead atoms. The van der Waals surface area contributed by atoms with Crippen LogP contribution in [0.3, 0.4) is 0 Å². The fraction of sp³-hybridized carbons (Fsp3) is 0.176. The van der Waals surface area contributed by atoms with Gasteiger partial charge >= 0.3 is 0 Å². The van der Waals surface area contributed by atoms with Crippen LogP contribution in [0.2, 0.25) is 0 Å². The van der Waals surface area contributed by atoms with Crippen molar-refractivity contribution in [1.29, 1.82) is 0 Å². The fourth-order valence-electron chi connectivity index (χ4n) is 2.38. The SMILES string of the molecule is CSc1ncccc1C(=O)N[C@@H](Cn1nccn1)c1ccccc1. The molecule has 3 aromatic rings. The number of aromatic nitrogens is 4. The van der Waals surface area contributed by atoms with Gasteiger partial charge in [0.1, 0.15) is 5.03 Å². The Morgan fingerprint density at radius 2 is 1.88 bits per heavy atom. The van der Waals surface area contributed by atoms with Crippen molar-refractivity contribution in [3.8, 4) is 0 Å². The molecule has 3 rings (SSSR count). The summed E-state index contributed by atoms with van der Waals surface area (Å²) in [5.41, 5.74) is 1.57. The molecular formula is C17H17N5OS. The van der Waals surface area contributed by atoms with E-state index in [1.165, 1.54) is 11.8 Å². The lowest BCUT2D eigenvalue weighted by molar-refractivity contribution is 0.0927. The van der Waals surface area contributed by atoms with Crippen molar-refractivity contribution < 1.29 is 4.79 Å². The first-order valence-electron chi connectivity index (χ1n) is 7.47. The van der Waals surface area contributed by atoms with E-state index in [4.69, 9.17) is 0 Å². The molecule has 0 radical (unpaired) electrons. The Hall–Kier alpha value is -2.67. The van der Waals surface area contributed by atoms with E-state index in [2.05, 4.69) is 20.5 Å². The van der Waals surface area contributed by atoms with E-state index < -0.39 is 0 Å². The molecule has 122 valence electrons. The van der Waals surface area contributed by atoms with Crippen LogP contribution in [0.4, 0.5) is 0 Å². The molecule has 7 heteroatoms. The summed E-state index contributed by atoms with van der Waals surface area (Å²) in [4.78, 5) is 18.5. The van der Waals surface area contributed by atoms with Crippen molar-refractivity contribution in [2.75, 3.05) is 6.26 Å². The third-order valence-corrected chi connectivity index (χ3v) is 4.24. The second-order valence-corrected chi connectivity index (χ2v) is 5.88. The molecule has 0 saturated heterocycles. The Morgan fingerprint density at radius 3 is 2.58 bits per heavy atom. The fourth-order valence-corrected chi connectivity index (χ4v) is 2.93. The van der Waals surface area contributed by atoms with Gasteiger partial charge in [-0.2, -0.15) is 15.0 Å². The van der Waals surface area contributed by atoms with Gasteiger partial charge in [-0.25, -0.2) is 4.98 Å². The highest BCUT2D eigenvalue weighted by Crippen LogP contribution is 2.19. The zero-order valence-corrected chi connectivity index (χ0v) is 14.0. The molecule has 1 atom stereocenters. The van der Waals surface area contributed by atoms with Gasteiger partial charge in [-0.05, 0) is 24.0 Å². The van der Waals surface area contributed by atoms with Crippen LogP contribution in [-0.2, 0) is 6.54 Å². The second kappa shape index (κ2) is 7.74. The summed E-state index contributed by atoms with van der Waals surface area (Å²) in [6, 6.07) is 13.1. The highest BCUT2D eigenvalue weighted by Gasteiger charge is 2.19. The Labute approximate surface area is 144 Å². The van der Waals surface area contributed by atoms with Crippen LogP contribution in [0.25, 0.3) is 0 Å². The number of nitrogens with one attached hydrogen (secondary N) is 1. The molecule has 1 amide bonds. The third-order valence-electron chi connectivity index (χ3n) is 3.53. The monoisotopic (exact) mass is 339 g/mol. The number of pyridine rings is 1. The van der Waals surface area contributed by atoms with Crippen molar-refractivity contribution in [2.45, 2.75) is 17.6 Å². The van der Waals surface area contributed by atoms with E-state index in [0.717, 1.165) is 5.56 Å². The van der Waals surface area contributed by atoms with Gasteiger partial charge in [0.05, 0.1) is 30.5 Å². The van der Waals surface area contributed by atoms with Crippen LogP contribution < -0.4 is 5.32 Å². The summed E-state index contributed by atoms with van der Waals surface area (Å²) >= 11 is 1.45. The molecule has 1 aromatic carbocycles. The van der Waals surface area contributed by atoms with Crippen LogP contribution >= 0.6 is 11.8 Å². The minimum Gasteiger partial charge on any atom is -0.343 e. The van der Waals surface area contributed by atoms with E-state index in [1.807, 2.05) is 36.6 Å². The normalized spacial score (nSPS) is 11.9. The summed E-state index contributed by atoms with van der Waals surface area (Å²) in [6.45, 7) is 0.456. The third kappa shape index (κ3) is 3.80. The molecular weight excluding hydrogens is 322 g/mol. The molecule has 0 aliphatic rings. The summed E-state index contributed by atoms with van der Waals surface area (Å²) in [7, 11) is 0. The van der Waals surface area contributed by atoms with E-state index in [-0.39, 0.29) is 11.9 Å². The highest BCUT2D eigenvalue weighted by atomic mass is 32.2. The average molecular weight is 339 g/mol. The lowest BCUT2D eigenvalue weighted by Gasteiger charge is -2.19. The van der Waals surface area contributed by atoms with Crippen molar-refractivity contribution in [3.63, 3.8) is 0 Å². The Kier molecular flexibility index (Phi) is 5.22. The molecule has 0 fully saturated rings. The Bertz CT molecular complexity index is 792. The molecule has 0 spiro atoms. The number of amides is 1. The second-order valence-electron chi connectivity index (χ2n) is 5.08. The number of hydrogen-bond donors (Lipinski definition) is 1. The van der Waals surface area contributed by atoms with Gasteiger partial charge in [-0.3, -0.25) is 4.79 Å². The summed E-state index contributed by atoms with van der Waals surface area (Å²) in [5, 5.41) is 12.0. The molecule has 24 heavy (non-hydrogen) atoms. The molecule has 0 unspecified atom stereocenters. The minimum absolute atomic E-state index is 0.159. The smallest absolute Gasteiger partial charge is 0.254 e. The van der Waals surface area contributed by atoms with Crippen molar-refractivity contribution in [1.82, 2.24) is 25.3 Å². The van der Waals surface area contributed by atoms with Crippen molar-refractivity contribution in [2.24, 2.45) is 0 Å². The number of nitrogens with zero attached hydrogens (tertiary/aromatic N) is 4. The highest BCUT2D eigenvalue weighted by molar-refractivity contribution is 7.98. The summed E-state index contributed by atoms with van der Waals surface area (Å²) < 4.78 is 0. The number of hydrogen-bond acceptors (Lipinski definition) is 5. The van der Waals surface area contributed by atoms with Crippen LogP contribution in [0, 0.1) is 0 Å². The molecule has 2 aromatic heterocycles. The number of thioether (sulfide) groups is 1. The van der Waals surface area contributed by atoms with Gasteiger partial charge in [0.2, 0.25) is 0 Å². The van der Waals surface area contributed by atoms with Crippen LogP contribution in [0.15, 0.2) is 66.1 Å². The van der Waals surface area contributed by atoms with Gasteiger partial charge in [0.15, 0.2) is 0 Å². The van der Waals surface area contributed by atoms with Gasteiger partial charge in [0.25, 0.3) is 5.91 Å². The maximum absolute atomic E-state index is 12.7. The van der Waals surface area contributed by atoms with E-state index >= 15 is 0 Å². The predicted molar refractivity (Wildman–Crippen MR) is 92.7 cm³/mol. The lowest BCUT2D eigenvalue weighted by Crippen LogP contribution is -2.32. The van der Waals surface area contributed by atoms with Gasteiger partial charge in [-0.1, -0.05) is 30.3 Å². The zero-order chi connectivity index (χ0) is 16.8. The maximum Gasteiger partial charge on any atom is 0.254 e. The summed E-state index contributed by atoms with van der Waals surface area (Å²) in [5.74, 6) is -0.159. The molecule has 0 aliphatic carbocycles. The largest absolute Gasteiger partial charge is 0.343 e. The van der Waals surface area contributed by atoms with Crippen LogP contribution in [0.5, 0.6) is 0 Å². The van der Waals surface area contributed by atoms with Gasteiger partial charge < -0.3 is 5.32 Å². The zero-order valence-electron chi connectivity index (χ0n) is 13.2. The molecule has 1 N–H and O–H groups in total. The first kappa shape index (κ1) is 16.2. The summed E-state index contributed by atoms with van der Waals surface area (Å²) in [6.07, 6.45) is 6.83. The maximum atomic E-state index is 12.7. The minimum atomic E-state index is -0.235. The number of carbonyl (C=O) groups is 1. The standard InChI is InChI=1S/C17H17N5OS/c1-24-17-14(8-5-9-18-17)16(23)21-15(12-22-19-10-11-20-22)13-6-3-2-4-7-13/h2-11,15H,12H2,1H3,(H,21,23)/t15-/m0/s1. The molecule has 6 nitrogen and oxygen atoms in total. The Balaban J connectivity index is 1.84. The first-order chi connectivity index (χ1) is 11.8. The average Bonchev–Trinajstić information content (AvgIpc) is 3.15. The quantitative estimate of drug-likeness (QED) is 0.699. The van der Waals surface area contributed by atoms with Crippen LogP contribution in [-0.4, -0.2) is 32.1 Å². The predicted octanol–water partition coefficient (Wildman–Crippen LogP) is 2.57. The number of rotatable bonds is 6. The molecule has 0 aliphatic heterocycles. The van der Waals surface area contributed by atoms with Crippen molar-refractivity contribution in [3.05, 3.63) is 72.2 Å². The molecule has 2 heterocycles. The van der Waals surface area contributed by atoms with Gasteiger partial charge in [-0.15, -0.1) is 11.8 Å². The number of carbonyl (C=O) groups excluding carboxylic acids is 1. The first-order valence-corrected chi connectivity index (χ1v) is 8.69. The van der Waals surface area contributed by atoms with Crippen LogP contribution in [0.1, 0.15) is 22.0 Å². The van der Waals surface area contributed by atoms with Gasteiger partial charge in [0, 0.05) is 6.20 Å².